The summed E-state index contributed by atoms with van der Waals surface area (Å²) < 4.78 is 18.4. The second-order valence-corrected chi connectivity index (χ2v) is 4.81. The fourth-order valence-corrected chi connectivity index (χ4v) is 2.38. The Bertz CT molecular complexity index is 649. The van der Waals surface area contributed by atoms with E-state index in [0.717, 1.165) is 16.7 Å². The summed E-state index contributed by atoms with van der Waals surface area (Å²) in [5.74, 6) is -0.577. The van der Waals surface area contributed by atoms with E-state index in [9.17, 15) is 9.18 Å². The number of rotatable bonds is 2. The summed E-state index contributed by atoms with van der Waals surface area (Å²) in [6, 6.07) is 11.9. The summed E-state index contributed by atoms with van der Waals surface area (Å²) in [5, 5.41) is 8.96. The molecule has 0 aliphatic carbocycles. The number of carboxylic acid groups (broad SMARTS) is 1. The molecule has 1 heterocycles. The molecule has 1 aliphatic heterocycles. The number of benzene rings is 2. The van der Waals surface area contributed by atoms with E-state index >= 15 is 0 Å². The van der Waals surface area contributed by atoms with E-state index in [1.807, 2.05) is 12.1 Å². The van der Waals surface area contributed by atoms with Crippen molar-refractivity contribution in [2.75, 3.05) is 0 Å². The number of carbonyl (C=O) groups is 1. The molecular weight excluding hydrogens is 259 g/mol. The van der Waals surface area contributed by atoms with Gasteiger partial charge in [-0.25, -0.2) is 9.18 Å². The summed E-state index contributed by atoms with van der Waals surface area (Å²) in [4.78, 5) is 10.9. The minimum atomic E-state index is -0.932. The highest BCUT2D eigenvalue weighted by Gasteiger charge is 2.25. The smallest absolute Gasteiger partial charge is 0.344 e. The molecule has 0 amide bonds. The van der Waals surface area contributed by atoms with E-state index in [2.05, 4.69) is 0 Å². The van der Waals surface area contributed by atoms with Gasteiger partial charge < -0.3 is 9.84 Å². The lowest BCUT2D eigenvalue weighted by Gasteiger charge is -2.23. The fourth-order valence-electron chi connectivity index (χ4n) is 2.38. The van der Waals surface area contributed by atoms with Gasteiger partial charge in [-0.05, 0) is 53.8 Å². The number of carboxylic acids is 1. The molecule has 102 valence electrons. The lowest BCUT2D eigenvalue weighted by molar-refractivity contribution is -0.145. The number of aryl methyl sites for hydroxylation is 1. The normalized spacial score (nSPS) is 17.1. The molecule has 0 saturated heterocycles. The van der Waals surface area contributed by atoms with Crippen molar-refractivity contribution in [3.05, 3.63) is 53.8 Å². The standard InChI is InChI=1S/C16H13FO3/c17-13-5-1-10(2-6-13)11-3-7-14-12(9-11)4-8-15(20-14)16(18)19/h1-3,5-7,9,15H,4,8H2,(H,18,19). The van der Waals surface area contributed by atoms with Crippen molar-refractivity contribution in [1.82, 2.24) is 0 Å². The van der Waals surface area contributed by atoms with Crippen LogP contribution in [0, 0.1) is 5.82 Å². The van der Waals surface area contributed by atoms with Crippen molar-refractivity contribution in [3.63, 3.8) is 0 Å². The Balaban J connectivity index is 1.91. The SMILES string of the molecule is O=C(O)C1CCc2cc(-c3ccc(F)cc3)ccc2O1. The van der Waals surface area contributed by atoms with Gasteiger partial charge in [0.15, 0.2) is 6.10 Å². The Morgan fingerprint density at radius 3 is 2.55 bits per heavy atom. The second-order valence-electron chi connectivity index (χ2n) is 4.81. The molecule has 1 aliphatic rings. The third-order valence-corrected chi connectivity index (χ3v) is 3.46. The summed E-state index contributed by atoms with van der Waals surface area (Å²) in [5.41, 5.74) is 2.89. The average Bonchev–Trinajstić information content (AvgIpc) is 2.47. The summed E-state index contributed by atoms with van der Waals surface area (Å²) in [6.07, 6.45) is 0.371. The molecule has 4 heteroatoms. The van der Waals surface area contributed by atoms with E-state index in [0.29, 0.717) is 18.6 Å². The molecule has 0 aromatic heterocycles. The largest absolute Gasteiger partial charge is 0.479 e. The van der Waals surface area contributed by atoms with Gasteiger partial charge in [-0.3, -0.25) is 0 Å². The zero-order chi connectivity index (χ0) is 14.1. The van der Waals surface area contributed by atoms with Crippen LogP contribution in [0.4, 0.5) is 4.39 Å². The monoisotopic (exact) mass is 272 g/mol. The zero-order valence-corrected chi connectivity index (χ0v) is 10.7. The molecule has 20 heavy (non-hydrogen) atoms. The first-order valence-electron chi connectivity index (χ1n) is 6.42. The molecule has 0 bridgehead atoms. The van der Waals surface area contributed by atoms with Crippen molar-refractivity contribution in [1.29, 1.82) is 0 Å². The van der Waals surface area contributed by atoms with Crippen LogP contribution in [-0.4, -0.2) is 17.2 Å². The quantitative estimate of drug-likeness (QED) is 0.912. The maximum absolute atomic E-state index is 12.9. The Hall–Kier alpha value is -2.36. The van der Waals surface area contributed by atoms with Crippen LogP contribution in [0.5, 0.6) is 5.75 Å². The maximum atomic E-state index is 12.9. The lowest BCUT2D eigenvalue weighted by Crippen LogP contribution is -2.30. The Morgan fingerprint density at radius 2 is 1.85 bits per heavy atom. The molecule has 3 nitrogen and oxygen atoms in total. The molecule has 1 unspecified atom stereocenters. The highest BCUT2D eigenvalue weighted by molar-refractivity contribution is 5.74. The molecule has 2 aromatic rings. The zero-order valence-electron chi connectivity index (χ0n) is 10.7. The average molecular weight is 272 g/mol. The number of halogens is 1. The highest BCUT2D eigenvalue weighted by atomic mass is 19.1. The van der Waals surface area contributed by atoms with Gasteiger partial charge in [0.25, 0.3) is 0 Å². The van der Waals surface area contributed by atoms with Crippen LogP contribution < -0.4 is 4.74 Å². The van der Waals surface area contributed by atoms with E-state index in [1.165, 1.54) is 12.1 Å². The van der Waals surface area contributed by atoms with Gasteiger partial charge >= 0.3 is 5.97 Å². The third-order valence-electron chi connectivity index (χ3n) is 3.46. The fraction of sp³-hybridized carbons (Fsp3) is 0.188. The molecule has 1 atom stereocenters. The molecular formula is C16H13FO3. The van der Waals surface area contributed by atoms with Gasteiger partial charge in [-0.2, -0.15) is 0 Å². The molecule has 3 rings (SSSR count). The molecule has 0 radical (unpaired) electrons. The number of hydrogen-bond donors (Lipinski definition) is 1. The van der Waals surface area contributed by atoms with E-state index in [4.69, 9.17) is 9.84 Å². The van der Waals surface area contributed by atoms with Crippen molar-refractivity contribution >= 4 is 5.97 Å². The first-order chi connectivity index (χ1) is 9.63. The van der Waals surface area contributed by atoms with Crippen molar-refractivity contribution in [3.8, 4) is 16.9 Å². The van der Waals surface area contributed by atoms with Gasteiger partial charge in [-0.15, -0.1) is 0 Å². The number of aliphatic carboxylic acids is 1. The first-order valence-corrected chi connectivity index (χ1v) is 6.42. The van der Waals surface area contributed by atoms with Crippen LogP contribution in [0.2, 0.25) is 0 Å². The van der Waals surface area contributed by atoms with Crippen LogP contribution in [0.1, 0.15) is 12.0 Å². The van der Waals surface area contributed by atoms with Gasteiger partial charge in [0, 0.05) is 0 Å². The number of hydrogen-bond acceptors (Lipinski definition) is 2. The topological polar surface area (TPSA) is 46.5 Å². The maximum Gasteiger partial charge on any atom is 0.344 e. The van der Waals surface area contributed by atoms with Crippen molar-refractivity contribution in [2.45, 2.75) is 18.9 Å². The van der Waals surface area contributed by atoms with Crippen LogP contribution in [-0.2, 0) is 11.2 Å². The molecule has 0 saturated carbocycles. The van der Waals surface area contributed by atoms with Crippen molar-refractivity contribution in [2.24, 2.45) is 0 Å². The summed E-state index contributed by atoms with van der Waals surface area (Å²) >= 11 is 0. The Morgan fingerprint density at radius 1 is 1.15 bits per heavy atom. The summed E-state index contributed by atoms with van der Waals surface area (Å²) in [7, 11) is 0. The van der Waals surface area contributed by atoms with E-state index < -0.39 is 12.1 Å². The van der Waals surface area contributed by atoms with Gasteiger partial charge in [-0.1, -0.05) is 18.2 Å². The minimum Gasteiger partial charge on any atom is -0.479 e. The molecule has 1 N–H and O–H groups in total. The van der Waals surface area contributed by atoms with Gasteiger partial charge in [0.1, 0.15) is 11.6 Å². The van der Waals surface area contributed by atoms with Crippen LogP contribution in [0.25, 0.3) is 11.1 Å². The first kappa shape index (κ1) is 12.7. The van der Waals surface area contributed by atoms with Gasteiger partial charge in [0.2, 0.25) is 0 Å². The molecule has 0 spiro atoms. The summed E-state index contributed by atoms with van der Waals surface area (Å²) in [6.45, 7) is 0. The number of fused-ring (bicyclic) bond motifs is 1. The van der Waals surface area contributed by atoms with Gasteiger partial charge in [0.05, 0.1) is 0 Å². The van der Waals surface area contributed by atoms with Crippen LogP contribution in [0.15, 0.2) is 42.5 Å². The lowest BCUT2D eigenvalue weighted by atomic mass is 9.97. The van der Waals surface area contributed by atoms with E-state index in [-0.39, 0.29) is 5.82 Å². The number of ether oxygens (including phenoxy) is 1. The third kappa shape index (κ3) is 2.37. The Kier molecular flexibility index (Phi) is 3.14. The van der Waals surface area contributed by atoms with Crippen LogP contribution >= 0.6 is 0 Å². The predicted molar refractivity (Wildman–Crippen MR) is 72.2 cm³/mol. The molecule has 2 aromatic carbocycles. The molecule has 0 fully saturated rings. The minimum absolute atomic E-state index is 0.264. The second kappa shape index (κ2) is 4.96. The van der Waals surface area contributed by atoms with E-state index in [1.54, 1.807) is 18.2 Å². The Labute approximate surface area is 115 Å². The highest BCUT2D eigenvalue weighted by Crippen LogP contribution is 2.32. The van der Waals surface area contributed by atoms with Crippen LogP contribution in [0.3, 0.4) is 0 Å². The predicted octanol–water partition coefficient (Wildman–Crippen LogP) is 3.27. The van der Waals surface area contributed by atoms with Crippen molar-refractivity contribution < 1.29 is 19.0 Å².